The fraction of sp³-hybridized carbons (Fsp3) is 0.273. The Bertz CT molecular complexity index is 373. The summed E-state index contributed by atoms with van der Waals surface area (Å²) < 4.78 is 26.6. The molecule has 0 unspecified atom stereocenters. The molecule has 0 amide bonds. The molecule has 1 aromatic rings. The van der Waals surface area contributed by atoms with Crippen molar-refractivity contribution in [3.8, 4) is 12.3 Å². The first kappa shape index (κ1) is 9.73. The van der Waals surface area contributed by atoms with Crippen LogP contribution in [0, 0.1) is 30.9 Å². The van der Waals surface area contributed by atoms with E-state index >= 15 is 0 Å². The van der Waals surface area contributed by atoms with Gasteiger partial charge in [0.15, 0.2) is 0 Å². The lowest BCUT2D eigenvalue weighted by molar-refractivity contribution is 0.551. The second-order valence-corrected chi connectivity index (χ2v) is 2.85. The second kappa shape index (κ2) is 3.57. The smallest absolute Gasteiger partial charge is 0.144 e. The Labute approximate surface area is 76.6 Å². The van der Waals surface area contributed by atoms with Crippen LogP contribution in [-0.4, -0.2) is 0 Å². The standard InChI is InChI=1S/C11H10F2/c1-4-8-6-7(3)10(12)9(5-2)11(8)13/h1,6H,5H2,2-3H3. The summed E-state index contributed by atoms with van der Waals surface area (Å²) in [5, 5.41) is 0. The molecule has 13 heavy (non-hydrogen) atoms. The lowest BCUT2D eigenvalue weighted by Gasteiger charge is -2.06. The number of benzene rings is 1. The van der Waals surface area contributed by atoms with Crippen molar-refractivity contribution in [3.05, 3.63) is 34.4 Å². The molecule has 0 aromatic heterocycles. The van der Waals surface area contributed by atoms with E-state index < -0.39 is 11.6 Å². The summed E-state index contributed by atoms with van der Waals surface area (Å²) in [5.74, 6) is 1.11. The first-order valence-electron chi connectivity index (χ1n) is 4.05. The van der Waals surface area contributed by atoms with Gasteiger partial charge < -0.3 is 0 Å². The van der Waals surface area contributed by atoms with Gasteiger partial charge in [-0.15, -0.1) is 6.42 Å². The van der Waals surface area contributed by atoms with Crippen molar-refractivity contribution in [3.63, 3.8) is 0 Å². The third-order valence-corrected chi connectivity index (χ3v) is 1.98. The maximum absolute atomic E-state index is 13.3. The van der Waals surface area contributed by atoms with Gasteiger partial charge in [0, 0.05) is 5.56 Å². The molecule has 2 heteroatoms. The second-order valence-electron chi connectivity index (χ2n) is 2.85. The molecule has 0 fully saturated rings. The minimum Gasteiger partial charge on any atom is -0.206 e. The Morgan fingerprint density at radius 1 is 1.38 bits per heavy atom. The van der Waals surface area contributed by atoms with Crippen LogP contribution in [0.25, 0.3) is 0 Å². The first-order chi connectivity index (χ1) is 6.11. The van der Waals surface area contributed by atoms with Gasteiger partial charge in [0.05, 0.1) is 5.56 Å². The molecule has 1 rings (SSSR count). The first-order valence-corrected chi connectivity index (χ1v) is 4.05. The van der Waals surface area contributed by atoms with Crippen molar-refractivity contribution in [2.45, 2.75) is 20.3 Å². The van der Waals surface area contributed by atoms with E-state index in [2.05, 4.69) is 5.92 Å². The molecule has 0 atom stereocenters. The van der Waals surface area contributed by atoms with E-state index in [4.69, 9.17) is 6.42 Å². The van der Waals surface area contributed by atoms with E-state index in [9.17, 15) is 8.78 Å². The normalized spacial score (nSPS) is 9.77. The molecule has 0 nitrogen and oxygen atoms in total. The summed E-state index contributed by atoms with van der Waals surface area (Å²) in [6.07, 6.45) is 5.39. The largest absolute Gasteiger partial charge is 0.206 e. The maximum Gasteiger partial charge on any atom is 0.144 e. The average Bonchev–Trinajstić information content (AvgIpc) is 2.12. The summed E-state index contributed by atoms with van der Waals surface area (Å²) in [5.41, 5.74) is 0.606. The van der Waals surface area contributed by atoms with Gasteiger partial charge in [-0.05, 0) is 25.0 Å². The van der Waals surface area contributed by atoms with Crippen molar-refractivity contribution >= 4 is 0 Å². The van der Waals surface area contributed by atoms with Crippen molar-refractivity contribution < 1.29 is 8.78 Å². The predicted octanol–water partition coefficient (Wildman–Crippen LogP) is 2.82. The van der Waals surface area contributed by atoms with Crippen LogP contribution in [0.2, 0.25) is 0 Å². The molecule has 0 saturated heterocycles. The van der Waals surface area contributed by atoms with Crippen molar-refractivity contribution in [2.75, 3.05) is 0 Å². The minimum atomic E-state index is -0.604. The van der Waals surface area contributed by atoms with Crippen LogP contribution in [-0.2, 0) is 6.42 Å². The molecule has 0 spiro atoms. The highest BCUT2D eigenvalue weighted by atomic mass is 19.1. The molecular weight excluding hydrogens is 170 g/mol. The van der Waals surface area contributed by atoms with E-state index in [1.807, 2.05) is 0 Å². The zero-order valence-corrected chi connectivity index (χ0v) is 7.62. The summed E-state index contributed by atoms with van der Waals surface area (Å²) in [7, 11) is 0. The van der Waals surface area contributed by atoms with Crippen LogP contribution in [0.4, 0.5) is 8.78 Å². The average molecular weight is 180 g/mol. The van der Waals surface area contributed by atoms with E-state index in [0.717, 1.165) is 0 Å². The Morgan fingerprint density at radius 2 is 2.00 bits per heavy atom. The molecular formula is C11H10F2. The van der Waals surface area contributed by atoms with Crippen molar-refractivity contribution in [1.82, 2.24) is 0 Å². The highest BCUT2D eigenvalue weighted by Gasteiger charge is 2.13. The molecule has 0 aliphatic heterocycles. The topological polar surface area (TPSA) is 0 Å². The fourth-order valence-electron chi connectivity index (χ4n) is 1.26. The molecule has 0 radical (unpaired) electrons. The highest BCUT2D eigenvalue weighted by molar-refractivity contribution is 5.41. The summed E-state index contributed by atoms with van der Waals surface area (Å²) in [4.78, 5) is 0. The number of rotatable bonds is 1. The van der Waals surface area contributed by atoms with Crippen LogP contribution in [0.15, 0.2) is 6.07 Å². The van der Waals surface area contributed by atoms with E-state index in [0.29, 0.717) is 12.0 Å². The molecule has 0 bridgehead atoms. The Morgan fingerprint density at radius 3 is 2.46 bits per heavy atom. The molecule has 0 saturated carbocycles. The molecule has 0 aliphatic carbocycles. The molecule has 1 aromatic carbocycles. The van der Waals surface area contributed by atoms with Gasteiger partial charge >= 0.3 is 0 Å². The third kappa shape index (κ3) is 1.55. The van der Waals surface area contributed by atoms with E-state index in [-0.39, 0.29) is 11.1 Å². The Balaban J connectivity index is 3.50. The number of halogens is 2. The monoisotopic (exact) mass is 180 g/mol. The molecule has 0 heterocycles. The van der Waals surface area contributed by atoms with E-state index in [1.165, 1.54) is 6.07 Å². The van der Waals surface area contributed by atoms with Crippen LogP contribution in [0.1, 0.15) is 23.6 Å². The lowest BCUT2D eigenvalue weighted by atomic mass is 10.0. The van der Waals surface area contributed by atoms with E-state index in [1.54, 1.807) is 13.8 Å². The van der Waals surface area contributed by atoms with Gasteiger partial charge in [-0.25, -0.2) is 8.78 Å². The number of hydrogen-bond donors (Lipinski definition) is 0. The Hall–Kier alpha value is -1.36. The summed E-state index contributed by atoms with van der Waals surface area (Å²) in [6, 6.07) is 1.35. The van der Waals surface area contributed by atoms with Crippen molar-refractivity contribution in [1.29, 1.82) is 0 Å². The van der Waals surface area contributed by atoms with Crippen LogP contribution < -0.4 is 0 Å². The van der Waals surface area contributed by atoms with Gasteiger partial charge in [-0.2, -0.15) is 0 Å². The molecule has 68 valence electrons. The van der Waals surface area contributed by atoms with Crippen molar-refractivity contribution in [2.24, 2.45) is 0 Å². The fourth-order valence-corrected chi connectivity index (χ4v) is 1.26. The highest BCUT2D eigenvalue weighted by Crippen LogP contribution is 2.20. The number of terminal acetylenes is 1. The van der Waals surface area contributed by atoms with Crippen LogP contribution >= 0.6 is 0 Å². The van der Waals surface area contributed by atoms with Gasteiger partial charge in [0.1, 0.15) is 11.6 Å². The van der Waals surface area contributed by atoms with Crippen LogP contribution in [0.5, 0.6) is 0 Å². The quantitative estimate of drug-likeness (QED) is 0.583. The summed E-state index contributed by atoms with van der Waals surface area (Å²) >= 11 is 0. The molecule has 0 N–H and O–H groups in total. The Kier molecular flexibility index (Phi) is 2.67. The molecule has 0 aliphatic rings. The van der Waals surface area contributed by atoms with Gasteiger partial charge in [0.2, 0.25) is 0 Å². The minimum absolute atomic E-state index is 0.0768. The number of hydrogen-bond acceptors (Lipinski definition) is 0. The zero-order chi connectivity index (χ0) is 10.0. The summed E-state index contributed by atoms with van der Waals surface area (Å²) in [6.45, 7) is 3.27. The predicted molar refractivity (Wildman–Crippen MR) is 48.4 cm³/mol. The lowest BCUT2D eigenvalue weighted by Crippen LogP contribution is -2.00. The SMILES string of the molecule is C#Cc1cc(C)c(F)c(CC)c1F. The maximum atomic E-state index is 13.3. The zero-order valence-electron chi connectivity index (χ0n) is 7.62. The third-order valence-electron chi connectivity index (χ3n) is 1.98. The van der Waals surface area contributed by atoms with Gasteiger partial charge in [-0.3, -0.25) is 0 Å². The van der Waals surface area contributed by atoms with Gasteiger partial charge in [0.25, 0.3) is 0 Å². The van der Waals surface area contributed by atoms with Gasteiger partial charge in [-0.1, -0.05) is 12.8 Å². The van der Waals surface area contributed by atoms with Crippen LogP contribution in [0.3, 0.4) is 0 Å². The number of aryl methyl sites for hydroxylation is 1.